The van der Waals surface area contributed by atoms with Crippen molar-refractivity contribution in [2.45, 2.75) is 20.3 Å². The van der Waals surface area contributed by atoms with Crippen molar-refractivity contribution in [2.75, 3.05) is 6.54 Å². The van der Waals surface area contributed by atoms with E-state index in [1.807, 2.05) is 13.8 Å². The second-order valence-corrected chi connectivity index (χ2v) is 2.39. The maximum Gasteiger partial charge on any atom is 0.342 e. The maximum atomic E-state index is 10.4. The Labute approximate surface area is 82.9 Å². The molecule has 0 saturated carbocycles. The van der Waals surface area contributed by atoms with Crippen molar-refractivity contribution >= 4 is 5.82 Å². The predicted molar refractivity (Wildman–Crippen MR) is 54.0 cm³/mol. The maximum absolute atomic E-state index is 10.4. The van der Waals surface area contributed by atoms with Crippen LogP contribution in [0.4, 0.5) is 5.82 Å². The Morgan fingerprint density at radius 3 is 2.57 bits per heavy atom. The molecule has 14 heavy (non-hydrogen) atoms. The van der Waals surface area contributed by atoms with Gasteiger partial charge in [0, 0.05) is 13.0 Å². The van der Waals surface area contributed by atoms with Gasteiger partial charge in [-0.3, -0.25) is 0 Å². The third-order valence-electron chi connectivity index (χ3n) is 1.61. The summed E-state index contributed by atoms with van der Waals surface area (Å²) in [5.74, 6) is 0.641. The van der Waals surface area contributed by atoms with Crippen LogP contribution in [-0.4, -0.2) is 21.0 Å². The highest BCUT2D eigenvalue weighted by molar-refractivity contribution is 5.18. The molecule has 1 rings (SSSR count). The van der Waals surface area contributed by atoms with Crippen molar-refractivity contribution in [3.63, 3.8) is 0 Å². The predicted octanol–water partition coefficient (Wildman–Crippen LogP) is 0.856. The van der Waals surface area contributed by atoms with E-state index in [2.05, 4.69) is 4.98 Å². The van der Waals surface area contributed by atoms with Crippen LogP contribution in [0.2, 0.25) is 0 Å². The molecular formula is C8H16N4O2. The number of aromatic nitrogens is 2. The molecule has 0 saturated heterocycles. The molecule has 0 aromatic carbocycles. The first kappa shape index (κ1) is 12.6. The number of nitrogens with two attached hydrogens (primary N) is 1. The van der Waals surface area contributed by atoms with Gasteiger partial charge >= 0.3 is 5.82 Å². The van der Waals surface area contributed by atoms with Gasteiger partial charge < -0.3 is 15.8 Å². The number of rotatable bonds is 3. The van der Waals surface area contributed by atoms with E-state index < -0.39 is 4.92 Å². The molecule has 0 radical (unpaired) electrons. The fourth-order valence-corrected chi connectivity index (χ4v) is 0.969. The van der Waals surface area contributed by atoms with Gasteiger partial charge in [-0.05, 0) is 4.92 Å². The average Bonchev–Trinajstić information content (AvgIpc) is 2.52. The van der Waals surface area contributed by atoms with Crippen molar-refractivity contribution in [1.29, 1.82) is 0 Å². The number of imidazole rings is 1. The fraction of sp³-hybridized carbons (Fsp3) is 0.625. The molecular weight excluding hydrogens is 184 g/mol. The lowest BCUT2D eigenvalue weighted by Gasteiger charge is -1.95. The third-order valence-corrected chi connectivity index (χ3v) is 1.61. The molecule has 6 nitrogen and oxygen atoms in total. The SMILES string of the molecule is CC.Cn1c([N+](=O)[O-])cnc1CCN. The van der Waals surface area contributed by atoms with Gasteiger partial charge in [0.1, 0.15) is 6.20 Å². The Hall–Kier alpha value is -1.43. The van der Waals surface area contributed by atoms with Gasteiger partial charge in [-0.2, -0.15) is 0 Å². The van der Waals surface area contributed by atoms with E-state index in [4.69, 9.17) is 5.73 Å². The molecule has 0 bridgehead atoms. The van der Waals surface area contributed by atoms with Crippen molar-refractivity contribution in [3.05, 3.63) is 22.1 Å². The summed E-state index contributed by atoms with van der Waals surface area (Å²) in [6.07, 6.45) is 1.80. The van der Waals surface area contributed by atoms with E-state index in [-0.39, 0.29) is 5.82 Å². The summed E-state index contributed by atoms with van der Waals surface area (Å²) in [5, 5.41) is 10.4. The summed E-state index contributed by atoms with van der Waals surface area (Å²) >= 11 is 0. The van der Waals surface area contributed by atoms with E-state index in [1.165, 1.54) is 10.8 Å². The molecule has 1 aromatic rings. The quantitative estimate of drug-likeness (QED) is 0.579. The monoisotopic (exact) mass is 200 g/mol. The first-order valence-corrected chi connectivity index (χ1v) is 4.52. The van der Waals surface area contributed by atoms with Gasteiger partial charge in [-0.1, -0.05) is 13.8 Å². The molecule has 0 aliphatic rings. The van der Waals surface area contributed by atoms with Crippen LogP contribution in [0, 0.1) is 10.1 Å². The number of nitro groups is 1. The molecule has 0 fully saturated rings. The normalized spacial score (nSPS) is 9.14. The highest BCUT2D eigenvalue weighted by Crippen LogP contribution is 2.11. The van der Waals surface area contributed by atoms with E-state index in [0.29, 0.717) is 18.8 Å². The molecule has 0 amide bonds. The van der Waals surface area contributed by atoms with Gasteiger partial charge in [-0.15, -0.1) is 0 Å². The Bertz CT molecular complexity index is 296. The lowest BCUT2D eigenvalue weighted by molar-refractivity contribution is -0.391. The van der Waals surface area contributed by atoms with Crippen LogP contribution in [0.3, 0.4) is 0 Å². The van der Waals surface area contributed by atoms with Crippen LogP contribution in [0.1, 0.15) is 19.7 Å². The summed E-state index contributed by atoms with van der Waals surface area (Å²) in [6, 6.07) is 0. The standard InChI is InChI=1S/C6H10N4O2.C2H6/c1-9-5(2-3-7)8-4-6(9)10(11)12;1-2/h4H,2-3,7H2,1H3;1-2H3. The summed E-state index contributed by atoms with van der Waals surface area (Å²) in [6.45, 7) is 4.45. The van der Waals surface area contributed by atoms with E-state index in [9.17, 15) is 10.1 Å². The largest absolute Gasteiger partial charge is 0.358 e. The second-order valence-electron chi connectivity index (χ2n) is 2.39. The van der Waals surface area contributed by atoms with Crippen molar-refractivity contribution < 1.29 is 4.92 Å². The zero-order valence-electron chi connectivity index (χ0n) is 8.73. The van der Waals surface area contributed by atoms with Gasteiger partial charge in [0.05, 0.1) is 7.05 Å². The first-order chi connectivity index (χ1) is 6.66. The lowest BCUT2D eigenvalue weighted by Crippen LogP contribution is -2.08. The van der Waals surface area contributed by atoms with E-state index in [1.54, 1.807) is 7.05 Å². The Kier molecular flexibility index (Phi) is 5.47. The Balaban J connectivity index is 0.000000791. The zero-order chi connectivity index (χ0) is 11.1. The third kappa shape index (κ3) is 2.81. The number of hydrogen-bond acceptors (Lipinski definition) is 4. The molecule has 0 unspecified atom stereocenters. The highest BCUT2D eigenvalue weighted by Gasteiger charge is 2.14. The van der Waals surface area contributed by atoms with Crippen LogP contribution in [0.25, 0.3) is 0 Å². The molecule has 0 aliphatic carbocycles. The highest BCUT2D eigenvalue weighted by atomic mass is 16.6. The summed E-state index contributed by atoms with van der Waals surface area (Å²) in [7, 11) is 1.61. The van der Waals surface area contributed by atoms with E-state index in [0.717, 1.165) is 0 Å². The molecule has 80 valence electrons. The van der Waals surface area contributed by atoms with Crippen LogP contribution in [-0.2, 0) is 13.5 Å². The number of nitrogens with zero attached hydrogens (tertiary/aromatic N) is 3. The Morgan fingerprint density at radius 2 is 2.21 bits per heavy atom. The minimum atomic E-state index is -0.465. The molecule has 6 heteroatoms. The first-order valence-electron chi connectivity index (χ1n) is 4.52. The zero-order valence-corrected chi connectivity index (χ0v) is 8.73. The minimum Gasteiger partial charge on any atom is -0.358 e. The topological polar surface area (TPSA) is 87.0 Å². The van der Waals surface area contributed by atoms with Crippen LogP contribution in [0.15, 0.2) is 6.20 Å². The smallest absolute Gasteiger partial charge is 0.342 e. The van der Waals surface area contributed by atoms with Crippen molar-refractivity contribution in [2.24, 2.45) is 12.8 Å². The molecule has 1 aromatic heterocycles. The van der Waals surface area contributed by atoms with Crippen molar-refractivity contribution in [1.82, 2.24) is 9.55 Å². The van der Waals surface area contributed by atoms with E-state index >= 15 is 0 Å². The van der Waals surface area contributed by atoms with Crippen LogP contribution >= 0.6 is 0 Å². The summed E-state index contributed by atoms with van der Waals surface area (Å²) in [4.78, 5) is 13.8. The second kappa shape index (κ2) is 6.09. The van der Waals surface area contributed by atoms with Gasteiger partial charge in [-0.25, -0.2) is 9.55 Å². The molecule has 0 spiro atoms. The van der Waals surface area contributed by atoms with Gasteiger partial charge in [0.15, 0.2) is 5.82 Å². The number of hydrogen-bond donors (Lipinski definition) is 1. The minimum absolute atomic E-state index is 0.00144. The molecule has 0 atom stereocenters. The molecule has 2 N–H and O–H groups in total. The molecule has 0 aliphatic heterocycles. The lowest BCUT2D eigenvalue weighted by atomic mass is 10.4. The average molecular weight is 200 g/mol. The summed E-state index contributed by atoms with van der Waals surface area (Å²) < 4.78 is 1.44. The fourth-order valence-electron chi connectivity index (χ4n) is 0.969. The Morgan fingerprint density at radius 1 is 1.64 bits per heavy atom. The van der Waals surface area contributed by atoms with Gasteiger partial charge in [0.25, 0.3) is 0 Å². The van der Waals surface area contributed by atoms with Crippen LogP contribution < -0.4 is 5.73 Å². The van der Waals surface area contributed by atoms with Crippen LogP contribution in [0.5, 0.6) is 0 Å². The van der Waals surface area contributed by atoms with Crippen molar-refractivity contribution in [3.8, 4) is 0 Å². The summed E-state index contributed by atoms with van der Waals surface area (Å²) in [5.41, 5.74) is 5.29. The molecule has 1 heterocycles. The van der Waals surface area contributed by atoms with Gasteiger partial charge in [0.2, 0.25) is 0 Å².